The van der Waals surface area contributed by atoms with Gasteiger partial charge in [0.15, 0.2) is 0 Å². The second-order valence-electron chi connectivity index (χ2n) is 5.71. The number of piperidine rings is 1. The van der Waals surface area contributed by atoms with Crippen molar-refractivity contribution in [3.63, 3.8) is 0 Å². The number of nitrogens with zero attached hydrogens (tertiary/aromatic N) is 3. The molecule has 1 N–H and O–H groups in total. The lowest BCUT2D eigenvalue weighted by atomic mass is 10.1. The molecule has 0 aliphatic carbocycles. The summed E-state index contributed by atoms with van der Waals surface area (Å²) in [5, 5.41) is 7.76. The van der Waals surface area contributed by atoms with Crippen LogP contribution in [0.1, 0.15) is 49.6 Å². The highest BCUT2D eigenvalue weighted by Gasteiger charge is 2.22. The van der Waals surface area contributed by atoms with E-state index in [0.29, 0.717) is 18.8 Å². The Morgan fingerprint density at radius 2 is 2.25 bits per heavy atom. The summed E-state index contributed by atoms with van der Waals surface area (Å²) in [5.41, 5.74) is 0.383. The minimum absolute atomic E-state index is 0. The number of nitrogens with one attached hydrogen (secondary N) is 1. The number of ether oxygens (including phenoxy) is 1. The molecule has 2 rings (SSSR count). The Hall–Kier alpha value is -1.60. The van der Waals surface area contributed by atoms with Gasteiger partial charge in [0.1, 0.15) is 12.2 Å². The van der Waals surface area contributed by atoms with Gasteiger partial charge < -0.3 is 15.0 Å². The second kappa shape index (κ2) is 10.3. The molecular weight excluding hydrogens is 332 g/mol. The number of hydrogen-bond acceptors (Lipinski definition) is 5. The van der Waals surface area contributed by atoms with E-state index in [4.69, 9.17) is 4.74 Å². The van der Waals surface area contributed by atoms with Gasteiger partial charge in [0.2, 0.25) is 0 Å². The first-order chi connectivity index (χ1) is 11.2. The summed E-state index contributed by atoms with van der Waals surface area (Å²) in [6.07, 6.45) is 4.79. The lowest BCUT2D eigenvalue weighted by molar-refractivity contribution is -0.143. The van der Waals surface area contributed by atoms with E-state index < -0.39 is 0 Å². The fraction of sp³-hybridized carbons (Fsp3) is 0.688. The van der Waals surface area contributed by atoms with E-state index in [9.17, 15) is 9.59 Å². The Balaban J connectivity index is 0.00000288. The zero-order valence-corrected chi connectivity index (χ0v) is 15.2. The zero-order valence-electron chi connectivity index (χ0n) is 14.4. The Kier molecular flexibility index (Phi) is 8.78. The Morgan fingerprint density at radius 3 is 2.88 bits per heavy atom. The fourth-order valence-electron chi connectivity index (χ4n) is 2.76. The van der Waals surface area contributed by atoms with Gasteiger partial charge in [0.25, 0.3) is 5.91 Å². The van der Waals surface area contributed by atoms with Crippen LogP contribution in [0.4, 0.5) is 0 Å². The highest BCUT2D eigenvalue weighted by Crippen LogP contribution is 2.16. The molecule has 1 atom stereocenters. The maximum atomic E-state index is 12.6. The minimum atomic E-state index is -0.384. The molecule has 7 nitrogen and oxygen atoms in total. The van der Waals surface area contributed by atoms with Crippen molar-refractivity contribution in [1.82, 2.24) is 20.0 Å². The molecule has 0 spiro atoms. The van der Waals surface area contributed by atoms with Gasteiger partial charge in [-0.3, -0.25) is 14.3 Å². The van der Waals surface area contributed by atoms with E-state index >= 15 is 0 Å². The average molecular weight is 359 g/mol. The van der Waals surface area contributed by atoms with Crippen molar-refractivity contribution < 1.29 is 14.3 Å². The predicted octanol–water partition coefficient (Wildman–Crippen LogP) is 1.64. The van der Waals surface area contributed by atoms with Crippen LogP contribution >= 0.6 is 12.4 Å². The monoisotopic (exact) mass is 358 g/mol. The van der Waals surface area contributed by atoms with Gasteiger partial charge in [0, 0.05) is 19.3 Å². The van der Waals surface area contributed by atoms with Gasteiger partial charge in [-0.2, -0.15) is 5.10 Å². The topological polar surface area (TPSA) is 76.5 Å². The maximum absolute atomic E-state index is 12.6. The molecule has 1 fully saturated rings. The van der Waals surface area contributed by atoms with E-state index in [2.05, 4.69) is 10.4 Å². The number of carbonyl (C=O) groups is 2. The molecule has 24 heavy (non-hydrogen) atoms. The van der Waals surface area contributed by atoms with E-state index in [1.165, 1.54) is 4.90 Å². The summed E-state index contributed by atoms with van der Waals surface area (Å²) >= 11 is 0. The first-order valence-corrected chi connectivity index (χ1v) is 8.36. The lowest BCUT2D eigenvalue weighted by Crippen LogP contribution is -2.37. The summed E-state index contributed by atoms with van der Waals surface area (Å²) in [6.45, 7) is 6.43. The normalized spacial score (nSPS) is 17.0. The van der Waals surface area contributed by atoms with Crippen molar-refractivity contribution in [2.24, 2.45) is 0 Å². The number of amides is 1. The van der Waals surface area contributed by atoms with Crippen molar-refractivity contribution in [3.05, 3.63) is 18.0 Å². The molecule has 2 heterocycles. The summed E-state index contributed by atoms with van der Waals surface area (Å²) in [7, 11) is 0. The molecule has 1 saturated heterocycles. The van der Waals surface area contributed by atoms with Crippen LogP contribution in [-0.4, -0.2) is 59.3 Å². The summed E-state index contributed by atoms with van der Waals surface area (Å²) < 4.78 is 6.79. The van der Waals surface area contributed by atoms with Crippen LogP contribution in [-0.2, 0) is 9.53 Å². The first-order valence-electron chi connectivity index (χ1n) is 8.36. The number of aromatic nitrogens is 2. The maximum Gasteiger partial charge on any atom is 0.325 e. The molecule has 0 aromatic carbocycles. The highest BCUT2D eigenvalue weighted by molar-refractivity contribution is 5.94. The number of halogens is 1. The van der Waals surface area contributed by atoms with Gasteiger partial charge in [0.05, 0.1) is 12.6 Å². The number of hydrogen-bond donors (Lipinski definition) is 1. The average Bonchev–Trinajstić information content (AvgIpc) is 3.05. The van der Waals surface area contributed by atoms with Crippen LogP contribution in [0.3, 0.4) is 0 Å². The van der Waals surface area contributed by atoms with E-state index in [1.54, 1.807) is 13.0 Å². The van der Waals surface area contributed by atoms with Crippen molar-refractivity contribution in [2.45, 2.75) is 39.2 Å². The van der Waals surface area contributed by atoms with Crippen LogP contribution < -0.4 is 5.32 Å². The minimum Gasteiger partial charge on any atom is -0.465 e. The van der Waals surface area contributed by atoms with Crippen molar-refractivity contribution in [2.75, 3.05) is 32.8 Å². The summed E-state index contributed by atoms with van der Waals surface area (Å²) in [6, 6.07) is 2.01. The molecule has 1 aliphatic heterocycles. The molecule has 1 aromatic heterocycles. The summed E-state index contributed by atoms with van der Waals surface area (Å²) in [5.74, 6) is -0.604. The molecule has 1 aromatic rings. The van der Waals surface area contributed by atoms with Crippen molar-refractivity contribution in [3.8, 4) is 0 Å². The van der Waals surface area contributed by atoms with E-state index in [0.717, 1.165) is 32.4 Å². The van der Waals surface area contributed by atoms with E-state index in [1.807, 2.05) is 17.8 Å². The SMILES string of the molecule is CCCN(CC(=O)OCC)C(=O)c1ccn(C2CCCNC2)n1.Cl. The van der Waals surface area contributed by atoms with Gasteiger partial charge >= 0.3 is 5.97 Å². The van der Waals surface area contributed by atoms with Crippen LogP contribution in [0.15, 0.2) is 12.3 Å². The number of carbonyl (C=O) groups excluding carboxylic acids is 2. The molecule has 136 valence electrons. The molecule has 0 radical (unpaired) electrons. The second-order valence-corrected chi connectivity index (χ2v) is 5.71. The number of rotatable bonds is 7. The first kappa shape index (κ1) is 20.4. The third-order valence-electron chi connectivity index (χ3n) is 3.88. The third-order valence-corrected chi connectivity index (χ3v) is 3.88. The van der Waals surface area contributed by atoms with Gasteiger partial charge in [-0.05, 0) is 38.8 Å². The molecule has 0 bridgehead atoms. The standard InChI is InChI=1S/C16H26N4O3.ClH/c1-3-9-19(12-15(21)23-4-2)16(22)14-7-10-20(18-14)13-6-5-8-17-11-13;/h7,10,13,17H,3-6,8-9,11-12H2,1-2H3;1H. The van der Waals surface area contributed by atoms with Crippen molar-refractivity contribution >= 4 is 24.3 Å². The van der Waals surface area contributed by atoms with Gasteiger partial charge in [-0.1, -0.05) is 6.92 Å². The van der Waals surface area contributed by atoms with E-state index in [-0.39, 0.29) is 36.9 Å². The Labute approximate surface area is 149 Å². The largest absolute Gasteiger partial charge is 0.465 e. The Morgan fingerprint density at radius 1 is 1.46 bits per heavy atom. The van der Waals surface area contributed by atoms with Crippen LogP contribution in [0.2, 0.25) is 0 Å². The number of esters is 1. The molecule has 1 aliphatic rings. The van der Waals surface area contributed by atoms with Gasteiger partial charge in [-0.15, -0.1) is 12.4 Å². The smallest absolute Gasteiger partial charge is 0.325 e. The molecule has 0 saturated carbocycles. The zero-order chi connectivity index (χ0) is 16.7. The molecular formula is C16H27ClN4O3. The third kappa shape index (κ3) is 5.49. The van der Waals surface area contributed by atoms with Crippen LogP contribution in [0.5, 0.6) is 0 Å². The molecule has 1 unspecified atom stereocenters. The highest BCUT2D eigenvalue weighted by atomic mass is 35.5. The molecule has 1 amide bonds. The van der Waals surface area contributed by atoms with Crippen LogP contribution in [0, 0.1) is 0 Å². The van der Waals surface area contributed by atoms with Crippen molar-refractivity contribution in [1.29, 1.82) is 0 Å². The Bertz CT molecular complexity index is 529. The predicted molar refractivity (Wildman–Crippen MR) is 93.4 cm³/mol. The van der Waals surface area contributed by atoms with Gasteiger partial charge in [-0.25, -0.2) is 0 Å². The molecule has 8 heteroatoms. The lowest BCUT2D eigenvalue weighted by Gasteiger charge is -2.23. The quantitative estimate of drug-likeness (QED) is 0.750. The fourth-order valence-corrected chi connectivity index (χ4v) is 2.76. The summed E-state index contributed by atoms with van der Waals surface area (Å²) in [4.78, 5) is 25.8. The van der Waals surface area contributed by atoms with Crippen LogP contribution in [0.25, 0.3) is 0 Å².